The number of amides is 1. The van der Waals surface area contributed by atoms with Crippen LogP contribution in [0.3, 0.4) is 0 Å². The summed E-state index contributed by atoms with van der Waals surface area (Å²) in [4.78, 5) is 29.6. The van der Waals surface area contributed by atoms with Crippen LogP contribution in [0.15, 0.2) is 30.5 Å². The van der Waals surface area contributed by atoms with Crippen LogP contribution in [0.5, 0.6) is 11.6 Å². The Morgan fingerprint density at radius 1 is 1.19 bits per heavy atom. The maximum atomic E-state index is 12.8. The van der Waals surface area contributed by atoms with Gasteiger partial charge in [0.25, 0.3) is 11.8 Å². The van der Waals surface area contributed by atoms with Gasteiger partial charge in [-0.3, -0.25) is 9.59 Å². The minimum Gasteiger partial charge on any atom is -0.484 e. The fraction of sp³-hybridized carbons (Fsp3) is 0.350. The maximum absolute atomic E-state index is 12.8. The molecule has 1 aromatic carbocycles. The Kier molecular flexibility index (Phi) is 5.21. The number of anilines is 1. The van der Waals surface area contributed by atoms with Crippen LogP contribution in [-0.2, 0) is 6.42 Å². The third kappa shape index (κ3) is 3.40. The number of Topliss-reactive ketones (excluding diaryl/α,β-unsaturated/α-hetero) is 1. The van der Waals surface area contributed by atoms with Crippen molar-refractivity contribution in [2.75, 3.05) is 18.5 Å². The lowest BCUT2D eigenvalue weighted by Gasteiger charge is -2.20. The van der Waals surface area contributed by atoms with Crippen molar-refractivity contribution >= 4 is 17.4 Å². The first-order valence-electron chi connectivity index (χ1n) is 8.75. The van der Waals surface area contributed by atoms with Crippen LogP contribution in [0.2, 0.25) is 0 Å². The molecule has 1 aliphatic heterocycles. The van der Waals surface area contributed by atoms with Crippen molar-refractivity contribution in [3.8, 4) is 11.6 Å². The summed E-state index contributed by atoms with van der Waals surface area (Å²) < 4.78 is 11.0. The molecule has 0 saturated carbocycles. The molecule has 0 atom stereocenters. The van der Waals surface area contributed by atoms with Gasteiger partial charge in [-0.05, 0) is 24.1 Å². The SMILES string of the molecule is CCc1cccc(NC(=O)c2ccnc3c2OCCO3)c1C(=O)C(C)C. The average Bonchev–Trinajstić information content (AvgIpc) is 2.66. The highest BCUT2D eigenvalue weighted by Gasteiger charge is 2.24. The molecule has 26 heavy (non-hydrogen) atoms. The number of aromatic nitrogens is 1. The number of nitrogens with zero attached hydrogens (tertiary/aromatic N) is 1. The first-order valence-corrected chi connectivity index (χ1v) is 8.75. The highest BCUT2D eigenvalue weighted by Crippen LogP contribution is 2.32. The molecule has 0 aliphatic carbocycles. The van der Waals surface area contributed by atoms with Crippen LogP contribution in [0.4, 0.5) is 5.69 Å². The van der Waals surface area contributed by atoms with Gasteiger partial charge in [-0.25, -0.2) is 4.98 Å². The van der Waals surface area contributed by atoms with E-state index in [2.05, 4.69) is 10.3 Å². The van der Waals surface area contributed by atoms with Gasteiger partial charge in [0.2, 0.25) is 0 Å². The number of nitrogens with one attached hydrogen (secondary N) is 1. The number of pyridine rings is 1. The van der Waals surface area contributed by atoms with Crippen molar-refractivity contribution in [1.29, 1.82) is 0 Å². The van der Waals surface area contributed by atoms with Crippen LogP contribution >= 0.6 is 0 Å². The minimum atomic E-state index is -0.361. The lowest BCUT2D eigenvalue weighted by atomic mass is 9.93. The predicted molar refractivity (Wildman–Crippen MR) is 98.2 cm³/mol. The number of hydrogen-bond donors (Lipinski definition) is 1. The van der Waals surface area contributed by atoms with Crippen LogP contribution in [0.25, 0.3) is 0 Å². The molecule has 0 saturated heterocycles. The molecule has 2 aromatic rings. The summed E-state index contributed by atoms with van der Waals surface area (Å²) in [7, 11) is 0. The fourth-order valence-corrected chi connectivity index (χ4v) is 2.90. The van der Waals surface area contributed by atoms with E-state index in [-0.39, 0.29) is 17.6 Å². The van der Waals surface area contributed by atoms with Crippen LogP contribution in [-0.4, -0.2) is 29.9 Å². The molecule has 136 valence electrons. The largest absolute Gasteiger partial charge is 0.484 e. The number of hydrogen-bond acceptors (Lipinski definition) is 5. The van der Waals surface area contributed by atoms with Gasteiger partial charge in [0, 0.05) is 17.7 Å². The Labute approximate surface area is 152 Å². The van der Waals surface area contributed by atoms with Gasteiger partial charge in [-0.2, -0.15) is 0 Å². The van der Waals surface area contributed by atoms with Gasteiger partial charge < -0.3 is 14.8 Å². The molecule has 0 radical (unpaired) electrons. The summed E-state index contributed by atoms with van der Waals surface area (Å²) in [6.07, 6.45) is 2.21. The number of fused-ring (bicyclic) bond motifs is 1. The Morgan fingerprint density at radius 2 is 1.96 bits per heavy atom. The molecule has 6 nitrogen and oxygen atoms in total. The second-order valence-corrected chi connectivity index (χ2v) is 6.36. The van der Waals surface area contributed by atoms with E-state index in [0.29, 0.717) is 48.1 Å². The van der Waals surface area contributed by atoms with Crippen LogP contribution in [0.1, 0.15) is 47.1 Å². The van der Waals surface area contributed by atoms with Crippen molar-refractivity contribution in [3.63, 3.8) is 0 Å². The molecule has 1 amide bonds. The highest BCUT2D eigenvalue weighted by molar-refractivity contribution is 6.11. The molecule has 0 bridgehead atoms. The van der Waals surface area contributed by atoms with Crippen molar-refractivity contribution in [1.82, 2.24) is 4.98 Å². The van der Waals surface area contributed by atoms with Gasteiger partial charge in [0.1, 0.15) is 13.2 Å². The second-order valence-electron chi connectivity index (χ2n) is 6.36. The average molecular weight is 354 g/mol. The Bertz CT molecular complexity index is 846. The Hall–Kier alpha value is -2.89. The number of carbonyl (C=O) groups excluding carboxylic acids is 2. The van der Waals surface area contributed by atoms with Crippen LogP contribution < -0.4 is 14.8 Å². The normalized spacial score (nSPS) is 12.8. The number of carbonyl (C=O) groups is 2. The van der Waals surface area contributed by atoms with Crippen molar-refractivity contribution in [3.05, 3.63) is 47.2 Å². The van der Waals surface area contributed by atoms with Gasteiger partial charge in [0.15, 0.2) is 11.5 Å². The number of benzene rings is 1. The number of aryl methyl sites for hydroxylation is 1. The maximum Gasteiger partial charge on any atom is 0.259 e. The van der Waals surface area contributed by atoms with Gasteiger partial charge in [-0.15, -0.1) is 0 Å². The van der Waals surface area contributed by atoms with Gasteiger partial charge >= 0.3 is 0 Å². The van der Waals surface area contributed by atoms with E-state index in [1.54, 1.807) is 12.1 Å². The van der Waals surface area contributed by atoms with E-state index < -0.39 is 0 Å². The predicted octanol–water partition coefficient (Wildman–Crippen LogP) is 3.51. The Balaban J connectivity index is 1.97. The monoisotopic (exact) mass is 354 g/mol. The zero-order valence-electron chi connectivity index (χ0n) is 15.2. The molecule has 6 heteroatoms. The molecule has 0 unspecified atom stereocenters. The second kappa shape index (κ2) is 7.56. The summed E-state index contributed by atoms with van der Waals surface area (Å²) >= 11 is 0. The molecular weight excluding hydrogens is 332 g/mol. The fourth-order valence-electron chi connectivity index (χ4n) is 2.90. The van der Waals surface area contributed by atoms with Crippen molar-refractivity contribution in [2.45, 2.75) is 27.2 Å². The highest BCUT2D eigenvalue weighted by atomic mass is 16.6. The number of ketones is 1. The topological polar surface area (TPSA) is 77.5 Å². The summed E-state index contributed by atoms with van der Waals surface area (Å²) in [6.45, 7) is 6.45. The molecule has 0 fully saturated rings. The third-order valence-electron chi connectivity index (χ3n) is 4.24. The Morgan fingerprint density at radius 3 is 2.69 bits per heavy atom. The zero-order valence-corrected chi connectivity index (χ0v) is 15.2. The van der Waals surface area contributed by atoms with E-state index in [9.17, 15) is 9.59 Å². The molecule has 3 rings (SSSR count). The van der Waals surface area contributed by atoms with Crippen LogP contribution in [0, 0.1) is 5.92 Å². The van der Waals surface area contributed by atoms with E-state index in [1.807, 2.05) is 32.9 Å². The summed E-state index contributed by atoms with van der Waals surface area (Å²) in [5, 5.41) is 2.86. The van der Waals surface area contributed by atoms with Gasteiger partial charge in [-0.1, -0.05) is 32.9 Å². The van der Waals surface area contributed by atoms with E-state index in [0.717, 1.165) is 5.56 Å². The molecule has 1 aliphatic rings. The quantitative estimate of drug-likeness (QED) is 0.832. The molecular formula is C20H22N2O4. The van der Waals surface area contributed by atoms with Crippen molar-refractivity contribution < 1.29 is 19.1 Å². The van der Waals surface area contributed by atoms with E-state index in [4.69, 9.17) is 9.47 Å². The number of rotatable bonds is 5. The summed E-state index contributed by atoms with van der Waals surface area (Å²) in [5.41, 5.74) is 2.33. The zero-order chi connectivity index (χ0) is 18.7. The lowest BCUT2D eigenvalue weighted by Crippen LogP contribution is -2.22. The third-order valence-corrected chi connectivity index (χ3v) is 4.24. The molecule has 0 spiro atoms. The first kappa shape index (κ1) is 17.9. The first-order chi connectivity index (χ1) is 12.5. The molecule has 1 aromatic heterocycles. The molecule has 2 heterocycles. The smallest absolute Gasteiger partial charge is 0.259 e. The molecule has 1 N–H and O–H groups in total. The van der Waals surface area contributed by atoms with Gasteiger partial charge in [0.05, 0.1) is 11.3 Å². The van der Waals surface area contributed by atoms with E-state index >= 15 is 0 Å². The summed E-state index contributed by atoms with van der Waals surface area (Å²) in [6, 6.07) is 7.08. The van der Waals surface area contributed by atoms with E-state index in [1.165, 1.54) is 6.20 Å². The number of ether oxygens (including phenoxy) is 2. The lowest BCUT2D eigenvalue weighted by molar-refractivity contribution is 0.0939. The van der Waals surface area contributed by atoms with Crippen molar-refractivity contribution in [2.24, 2.45) is 5.92 Å². The summed E-state index contributed by atoms with van der Waals surface area (Å²) in [5.74, 6) is 0.127. The standard InChI is InChI=1S/C20H22N2O4/c1-4-13-6-5-7-15(16(13)17(23)12(2)3)22-19(24)14-8-9-21-20-18(14)25-10-11-26-20/h5-9,12H,4,10-11H2,1-3H3,(H,22,24). The minimum absolute atomic E-state index is 0.00842.